The number of fused-ring (bicyclic) bond motifs is 1. The van der Waals surface area contributed by atoms with Crippen LogP contribution >= 0.6 is 37.0 Å². The number of carbonyl (C=O) groups excluding carboxylic acids is 1. The highest BCUT2D eigenvalue weighted by atomic mass is 32.2. The molecule has 1 aromatic heterocycles. The second-order valence-corrected chi connectivity index (χ2v) is 15.5. The SMILES string of the molecule is O=C(CCNC1(c2ccc(C(F)(F)F)cc2)CCC1)N1CCc2nc(SC3CCC3)n(-c3ccc(S)cc3)c(=O)c2C1.SC1CCC1. The van der Waals surface area contributed by atoms with E-state index in [0.717, 1.165) is 71.3 Å². The molecular formula is C35H41F3N4O2S3. The van der Waals surface area contributed by atoms with Gasteiger partial charge in [0.05, 0.1) is 29.1 Å². The summed E-state index contributed by atoms with van der Waals surface area (Å²) in [6.45, 7) is 1.11. The van der Waals surface area contributed by atoms with Crippen molar-refractivity contribution in [1.82, 2.24) is 19.8 Å². The van der Waals surface area contributed by atoms with E-state index >= 15 is 0 Å². The molecule has 6 nitrogen and oxygen atoms in total. The normalized spacial score (nSPS) is 19.0. The maximum atomic E-state index is 13.9. The molecule has 0 radical (unpaired) electrons. The Balaban J connectivity index is 0.000000707. The van der Waals surface area contributed by atoms with Gasteiger partial charge in [-0.25, -0.2) is 4.98 Å². The summed E-state index contributed by atoms with van der Waals surface area (Å²) in [7, 11) is 0. The molecule has 0 saturated heterocycles. The molecule has 12 heteroatoms. The van der Waals surface area contributed by atoms with E-state index < -0.39 is 17.3 Å². The molecule has 3 aliphatic carbocycles. The van der Waals surface area contributed by atoms with Crippen LogP contribution in [0.1, 0.15) is 86.6 Å². The lowest BCUT2D eigenvalue weighted by atomic mass is 9.71. The van der Waals surface area contributed by atoms with Crippen molar-refractivity contribution in [3.05, 3.63) is 81.3 Å². The molecule has 0 bridgehead atoms. The van der Waals surface area contributed by atoms with Crippen LogP contribution in [0.2, 0.25) is 0 Å². The third-order valence-corrected chi connectivity index (χ3v) is 11.9. The number of nitrogens with zero attached hydrogens (tertiary/aromatic N) is 3. The van der Waals surface area contributed by atoms with Crippen molar-refractivity contribution in [2.75, 3.05) is 13.1 Å². The Morgan fingerprint density at radius 1 is 1.00 bits per heavy atom. The molecule has 1 aliphatic heterocycles. The molecule has 0 spiro atoms. The maximum Gasteiger partial charge on any atom is 0.416 e. The molecule has 3 aromatic rings. The highest BCUT2D eigenvalue weighted by Crippen LogP contribution is 2.42. The molecule has 3 saturated carbocycles. The van der Waals surface area contributed by atoms with Gasteiger partial charge in [-0.1, -0.05) is 36.7 Å². The minimum absolute atomic E-state index is 0.0617. The number of hydrogen-bond donors (Lipinski definition) is 3. The van der Waals surface area contributed by atoms with E-state index in [9.17, 15) is 22.8 Å². The van der Waals surface area contributed by atoms with Crippen LogP contribution in [0.4, 0.5) is 13.2 Å². The van der Waals surface area contributed by atoms with Gasteiger partial charge in [0, 0.05) is 46.9 Å². The minimum Gasteiger partial charge on any atom is -0.338 e. The smallest absolute Gasteiger partial charge is 0.338 e. The number of halogens is 3. The largest absolute Gasteiger partial charge is 0.416 e. The number of thioether (sulfide) groups is 1. The van der Waals surface area contributed by atoms with Gasteiger partial charge in [0.15, 0.2) is 5.16 Å². The molecule has 4 aliphatic rings. The van der Waals surface area contributed by atoms with Crippen molar-refractivity contribution in [3.63, 3.8) is 0 Å². The lowest BCUT2D eigenvalue weighted by Crippen LogP contribution is -2.49. The highest BCUT2D eigenvalue weighted by Gasteiger charge is 2.39. The third kappa shape index (κ3) is 7.92. The monoisotopic (exact) mass is 702 g/mol. The maximum absolute atomic E-state index is 13.9. The van der Waals surface area contributed by atoms with E-state index in [2.05, 4.69) is 30.6 Å². The first-order valence-electron chi connectivity index (χ1n) is 16.5. The van der Waals surface area contributed by atoms with Crippen molar-refractivity contribution in [2.45, 2.75) is 109 Å². The summed E-state index contributed by atoms with van der Waals surface area (Å²) < 4.78 is 40.7. The Morgan fingerprint density at radius 2 is 1.66 bits per heavy atom. The first-order chi connectivity index (χ1) is 22.5. The second kappa shape index (κ2) is 14.6. The Kier molecular flexibility index (Phi) is 10.7. The Bertz CT molecular complexity index is 1620. The second-order valence-electron chi connectivity index (χ2n) is 13.0. The summed E-state index contributed by atoms with van der Waals surface area (Å²) in [5, 5.41) is 5.38. The zero-order chi connectivity index (χ0) is 33.2. The molecule has 47 heavy (non-hydrogen) atoms. The van der Waals surface area contributed by atoms with E-state index in [1.807, 2.05) is 24.3 Å². The van der Waals surface area contributed by atoms with Gasteiger partial charge in [-0.15, -0.1) is 12.6 Å². The zero-order valence-corrected chi connectivity index (χ0v) is 28.9. The standard InChI is InChI=1S/C31H33F3N4O2S2.C4H8S/c32-31(33,34)21-7-5-20(6-8-21)30(15-2-16-30)35-17-13-27(39)37-18-14-26-25(19-37)28(40)38(22-9-11-23(41)12-10-22)29(36-26)42-24-3-1-4-24;5-4-2-1-3-4/h5-12,24,35,41H,1-4,13-19H2;4-5H,1-3H2. The molecular weight excluding hydrogens is 662 g/mol. The number of carbonyl (C=O) groups is 1. The van der Waals surface area contributed by atoms with E-state index in [-0.39, 0.29) is 24.4 Å². The number of benzene rings is 2. The molecule has 0 atom stereocenters. The van der Waals surface area contributed by atoms with Crippen LogP contribution in [0.15, 0.2) is 63.4 Å². The highest BCUT2D eigenvalue weighted by molar-refractivity contribution is 7.99. The Hall–Kier alpha value is -2.41. The molecule has 0 unspecified atom stereocenters. The zero-order valence-electron chi connectivity index (χ0n) is 26.3. The lowest BCUT2D eigenvalue weighted by molar-refractivity contribution is -0.137. The van der Waals surface area contributed by atoms with Gasteiger partial charge in [-0.2, -0.15) is 25.8 Å². The van der Waals surface area contributed by atoms with E-state index in [1.54, 1.807) is 21.2 Å². The van der Waals surface area contributed by atoms with Crippen molar-refractivity contribution >= 4 is 42.9 Å². The molecule has 252 valence electrons. The van der Waals surface area contributed by atoms with Crippen molar-refractivity contribution in [1.29, 1.82) is 0 Å². The lowest BCUT2D eigenvalue weighted by Gasteiger charge is -2.43. The predicted octanol–water partition coefficient (Wildman–Crippen LogP) is 7.60. The van der Waals surface area contributed by atoms with Crippen molar-refractivity contribution in [3.8, 4) is 5.69 Å². The molecule has 2 heterocycles. The minimum atomic E-state index is -4.37. The fraction of sp³-hybridized carbons (Fsp3) is 0.514. The van der Waals surface area contributed by atoms with Crippen molar-refractivity contribution < 1.29 is 18.0 Å². The van der Waals surface area contributed by atoms with Crippen LogP contribution in [0, 0.1) is 0 Å². The molecule has 1 amide bonds. The van der Waals surface area contributed by atoms with Gasteiger partial charge in [0.1, 0.15) is 0 Å². The van der Waals surface area contributed by atoms with Gasteiger partial charge in [0.25, 0.3) is 5.56 Å². The molecule has 2 aromatic carbocycles. The average molecular weight is 703 g/mol. The summed E-state index contributed by atoms with van der Waals surface area (Å²) in [4.78, 5) is 34.6. The van der Waals surface area contributed by atoms with Crippen LogP contribution in [0.5, 0.6) is 0 Å². The summed E-state index contributed by atoms with van der Waals surface area (Å²) in [6, 6.07) is 12.8. The van der Waals surface area contributed by atoms with Crippen LogP contribution in [-0.4, -0.2) is 43.9 Å². The van der Waals surface area contributed by atoms with Crippen LogP contribution in [-0.2, 0) is 29.5 Å². The average Bonchev–Trinajstić information content (AvgIpc) is 3.00. The number of rotatable bonds is 8. The Morgan fingerprint density at radius 3 is 2.19 bits per heavy atom. The number of hydrogen-bond acceptors (Lipinski definition) is 7. The molecule has 3 fully saturated rings. The van der Waals surface area contributed by atoms with Gasteiger partial charge in [0.2, 0.25) is 5.91 Å². The Labute approximate surface area is 289 Å². The van der Waals surface area contributed by atoms with E-state index in [1.165, 1.54) is 37.8 Å². The number of thiol groups is 2. The topological polar surface area (TPSA) is 67.2 Å². The summed E-state index contributed by atoms with van der Waals surface area (Å²) in [5.41, 5.74) is 1.65. The van der Waals surface area contributed by atoms with Crippen LogP contribution in [0.3, 0.4) is 0 Å². The van der Waals surface area contributed by atoms with Crippen molar-refractivity contribution in [2.24, 2.45) is 0 Å². The summed E-state index contributed by atoms with van der Waals surface area (Å²) in [6.07, 6.45) is 6.51. The van der Waals surface area contributed by atoms with Gasteiger partial charge in [-0.3, -0.25) is 14.2 Å². The quantitative estimate of drug-likeness (QED) is 0.167. The van der Waals surface area contributed by atoms with E-state index in [0.29, 0.717) is 35.5 Å². The summed E-state index contributed by atoms with van der Waals surface area (Å²) in [5.74, 6) is -0.0617. The van der Waals surface area contributed by atoms with Crippen LogP contribution in [0.25, 0.3) is 5.69 Å². The first-order valence-corrected chi connectivity index (χ1v) is 18.4. The summed E-state index contributed by atoms with van der Waals surface area (Å²) >= 11 is 10.2. The molecule has 1 N–H and O–H groups in total. The van der Waals surface area contributed by atoms with Gasteiger partial charge in [-0.05, 0) is 86.9 Å². The fourth-order valence-corrected chi connectivity index (χ4v) is 8.08. The third-order valence-electron chi connectivity index (χ3n) is 9.83. The number of amides is 1. The number of aromatic nitrogens is 2. The van der Waals surface area contributed by atoms with E-state index in [4.69, 9.17) is 4.98 Å². The van der Waals surface area contributed by atoms with Gasteiger partial charge >= 0.3 is 6.18 Å². The van der Waals surface area contributed by atoms with Gasteiger partial charge < -0.3 is 10.2 Å². The first kappa shape index (κ1) is 34.5. The predicted molar refractivity (Wildman–Crippen MR) is 186 cm³/mol. The fourth-order valence-electron chi connectivity index (χ4n) is 6.24. The van der Waals surface area contributed by atoms with Crippen LogP contribution < -0.4 is 10.9 Å². The molecule has 7 rings (SSSR count). The number of nitrogens with one attached hydrogen (secondary N) is 1. The number of alkyl halides is 3.